The summed E-state index contributed by atoms with van der Waals surface area (Å²) in [6, 6.07) is 8.18. The number of nitrogens with zero attached hydrogens (tertiary/aromatic N) is 4. The molecule has 0 atom stereocenters. The molecule has 0 radical (unpaired) electrons. The van der Waals surface area contributed by atoms with E-state index in [9.17, 15) is 18.0 Å². The monoisotopic (exact) mass is 366 g/mol. The number of benzene rings is 1. The molecule has 10 heteroatoms. The highest BCUT2D eigenvalue weighted by molar-refractivity contribution is 5.69. The Morgan fingerprint density at radius 3 is 2.62 bits per heavy atom. The lowest BCUT2D eigenvalue weighted by Crippen LogP contribution is -2.15. The molecule has 0 spiro atoms. The molecule has 26 heavy (non-hydrogen) atoms. The van der Waals surface area contributed by atoms with Crippen LogP contribution in [-0.2, 0) is 28.9 Å². The van der Waals surface area contributed by atoms with E-state index < -0.39 is 24.4 Å². The Balaban J connectivity index is 1.55. The molecule has 0 amide bonds. The van der Waals surface area contributed by atoms with Gasteiger partial charge in [0.05, 0.1) is 0 Å². The van der Waals surface area contributed by atoms with E-state index in [0.29, 0.717) is 0 Å². The maximum Gasteiger partial charge on any atom is 0.435 e. The summed E-state index contributed by atoms with van der Waals surface area (Å²) in [5, 5.41) is 6.96. The van der Waals surface area contributed by atoms with E-state index in [4.69, 9.17) is 9.26 Å². The Morgan fingerprint density at radius 2 is 1.96 bits per heavy atom. The molecule has 2 heterocycles. The molecule has 3 rings (SSSR count). The summed E-state index contributed by atoms with van der Waals surface area (Å²) in [6.45, 7) is 1.22. The van der Waals surface area contributed by atoms with Crippen LogP contribution in [0.3, 0.4) is 0 Å². The molecule has 1 aromatic carbocycles. The molecule has 0 unspecified atom stereocenters. The Bertz CT molecular complexity index is 900. The highest BCUT2D eigenvalue weighted by Crippen LogP contribution is 2.27. The van der Waals surface area contributed by atoms with Gasteiger partial charge in [-0.15, -0.1) is 0 Å². The van der Waals surface area contributed by atoms with Crippen LogP contribution in [0.2, 0.25) is 0 Å². The van der Waals surface area contributed by atoms with Gasteiger partial charge >= 0.3 is 12.1 Å². The third kappa shape index (κ3) is 4.26. The largest absolute Gasteiger partial charge is 0.456 e. The number of carbonyl (C=O) groups excluding carboxylic acids is 1. The molecule has 3 aromatic rings. The normalized spacial score (nSPS) is 11.5. The zero-order valence-corrected chi connectivity index (χ0v) is 13.5. The number of hydrogen-bond donors (Lipinski definition) is 0. The van der Waals surface area contributed by atoms with Gasteiger partial charge in [0, 0.05) is 11.8 Å². The lowest BCUT2D eigenvalue weighted by atomic mass is 10.1. The molecule has 0 N–H and O–H groups in total. The topological polar surface area (TPSA) is 83.0 Å². The van der Waals surface area contributed by atoms with Crippen LogP contribution in [0.5, 0.6) is 0 Å². The lowest BCUT2D eigenvalue weighted by Gasteiger charge is -2.03. The number of carbonyl (C=O) groups is 1. The first-order chi connectivity index (χ1) is 12.3. The van der Waals surface area contributed by atoms with Crippen LogP contribution in [0, 0.1) is 6.92 Å². The summed E-state index contributed by atoms with van der Waals surface area (Å²) in [5.41, 5.74) is 0.720. The number of aryl methyl sites for hydroxylation is 1. The van der Waals surface area contributed by atoms with Gasteiger partial charge in [0.2, 0.25) is 5.82 Å². The van der Waals surface area contributed by atoms with E-state index in [-0.39, 0.29) is 18.3 Å². The predicted molar refractivity (Wildman–Crippen MR) is 81.5 cm³/mol. The maximum absolute atomic E-state index is 12.5. The van der Waals surface area contributed by atoms with Gasteiger partial charge in [0.25, 0.3) is 5.89 Å². The second-order valence-corrected chi connectivity index (χ2v) is 5.44. The van der Waals surface area contributed by atoms with Crippen LogP contribution in [0.4, 0.5) is 13.2 Å². The minimum atomic E-state index is -4.56. The number of alkyl halides is 3. The van der Waals surface area contributed by atoms with Crippen LogP contribution in [-0.4, -0.2) is 25.9 Å². The van der Waals surface area contributed by atoms with Crippen molar-refractivity contribution in [3.63, 3.8) is 0 Å². The molecule has 2 aromatic heterocycles. The Morgan fingerprint density at radius 1 is 1.23 bits per heavy atom. The van der Waals surface area contributed by atoms with E-state index in [1.165, 1.54) is 0 Å². The van der Waals surface area contributed by atoms with Gasteiger partial charge in [-0.05, 0) is 25.1 Å². The van der Waals surface area contributed by atoms with Gasteiger partial charge < -0.3 is 9.26 Å². The van der Waals surface area contributed by atoms with E-state index >= 15 is 0 Å². The smallest absolute Gasteiger partial charge is 0.435 e. The van der Waals surface area contributed by atoms with Crippen LogP contribution in [0.1, 0.15) is 17.1 Å². The summed E-state index contributed by atoms with van der Waals surface area (Å²) in [5.74, 6) is -0.355. The first-order valence-electron chi connectivity index (χ1n) is 7.47. The predicted octanol–water partition coefficient (Wildman–Crippen LogP) is 3.00. The van der Waals surface area contributed by atoms with Gasteiger partial charge in [-0.25, -0.2) is 0 Å². The van der Waals surface area contributed by atoms with Crippen molar-refractivity contribution in [2.75, 3.05) is 0 Å². The Labute approximate surface area is 145 Å². The standard InChI is InChI=1S/C16H13F3N4O3/c1-10-2-4-11(5-3-10)15-20-13(22-26-15)9-25-14(24)8-23-7-6-12(21-23)16(17,18)19/h2-7H,8-9H2,1H3. The SMILES string of the molecule is Cc1ccc(-c2nc(COC(=O)Cn3ccc(C(F)(F)F)n3)no2)cc1. The summed E-state index contributed by atoms with van der Waals surface area (Å²) < 4.78 is 48.2. The molecule has 0 bridgehead atoms. The molecule has 0 saturated heterocycles. The van der Waals surface area contributed by atoms with Crippen LogP contribution in [0.15, 0.2) is 41.1 Å². The van der Waals surface area contributed by atoms with E-state index in [1.807, 2.05) is 31.2 Å². The van der Waals surface area contributed by atoms with Gasteiger partial charge in [-0.2, -0.15) is 23.3 Å². The number of ether oxygens (including phenoxy) is 1. The van der Waals surface area contributed by atoms with Crippen molar-refractivity contribution in [2.24, 2.45) is 0 Å². The minimum absolute atomic E-state index is 0.144. The third-order valence-electron chi connectivity index (χ3n) is 3.35. The first kappa shape index (κ1) is 17.6. The van der Waals surface area contributed by atoms with Crippen molar-refractivity contribution in [3.8, 4) is 11.5 Å². The number of aromatic nitrogens is 4. The van der Waals surface area contributed by atoms with Crippen LogP contribution < -0.4 is 0 Å². The first-order valence-corrected chi connectivity index (χ1v) is 7.47. The number of rotatable bonds is 5. The summed E-state index contributed by atoms with van der Waals surface area (Å²) in [6.07, 6.45) is -3.51. The van der Waals surface area contributed by atoms with Gasteiger partial charge in [0.15, 0.2) is 12.3 Å². The number of hydrogen-bond acceptors (Lipinski definition) is 6. The second kappa shape index (κ2) is 6.98. The molecule has 0 aliphatic heterocycles. The highest BCUT2D eigenvalue weighted by atomic mass is 19.4. The molecular weight excluding hydrogens is 353 g/mol. The van der Waals surface area contributed by atoms with Crippen molar-refractivity contribution in [3.05, 3.63) is 53.6 Å². The number of esters is 1. The van der Waals surface area contributed by atoms with Crippen molar-refractivity contribution in [2.45, 2.75) is 26.3 Å². The zero-order valence-electron chi connectivity index (χ0n) is 13.5. The van der Waals surface area contributed by atoms with E-state index in [1.54, 1.807) is 0 Å². The van der Waals surface area contributed by atoms with Gasteiger partial charge in [0.1, 0.15) is 6.54 Å². The fourth-order valence-electron chi connectivity index (χ4n) is 2.05. The van der Waals surface area contributed by atoms with Crippen molar-refractivity contribution >= 4 is 5.97 Å². The van der Waals surface area contributed by atoms with Gasteiger partial charge in [-0.3, -0.25) is 9.48 Å². The molecule has 0 aliphatic carbocycles. The maximum atomic E-state index is 12.5. The van der Waals surface area contributed by atoms with Crippen molar-refractivity contribution in [1.82, 2.24) is 19.9 Å². The fraction of sp³-hybridized carbons (Fsp3) is 0.250. The Kier molecular flexibility index (Phi) is 4.74. The highest BCUT2D eigenvalue weighted by Gasteiger charge is 2.33. The molecule has 136 valence electrons. The van der Waals surface area contributed by atoms with Crippen molar-refractivity contribution in [1.29, 1.82) is 0 Å². The average Bonchev–Trinajstić information content (AvgIpc) is 3.22. The van der Waals surface area contributed by atoms with Gasteiger partial charge in [-0.1, -0.05) is 22.9 Å². The van der Waals surface area contributed by atoms with E-state index in [0.717, 1.165) is 28.1 Å². The number of halogens is 3. The summed E-state index contributed by atoms with van der Waals surface area (Å²) in [7, 11) is 0. The minimum Gasteiger partial charge on any atom is -0.456 e. The molecule has 0 aliphatic rings. The van der Waals surface area contributed by atoms with E-state index in [2.05, 4.69) is 15.2 Å². The quantitative estimate of drug-likeness (QED) is 0.646. The molecule has 0 saturated carbocycles. The average molecular weight is 366 g/mol. The third-order valence-corrected chi connectivity index (χ3v) is 3.35. The summed E-state index contributed by atoms with van der Waals surface area (Å²) in [4.78, 5) is 15.8. The van der Waals surface area contributed by atoms with Crippen molar-refractivity contribution < 1.29 is 27.2 Å². The molecule has 7 nitrogen and oxygen atoms in total. The fourth-order valence-corrected chi connectivity index (χ4v) is 2.05. The lowest BCUT2D eigenvalue weighted by molar-refractivity contribution is -0.147. The Hall–Kier alpha value is -3.17. The van der Waals surface area contributed by atoms with Crippen LogP contribution in [0.25, 0.3) is 11.5 Å². The zero-order chi connectivity index (χ0) is 18.7. The summed E-state index contributed by atoms with van der Waals surface area (Å²) >= 11 is 0. The molecule has 0 fully saturated rings. The molecular formula is C16H13F3N4O3. The second-order valence-electron chi connectivity index (χ2n) is 5.44. The van der Waals surface area contributed by atoms with Crippen LogP contribution >= 0.6 is 0 Å².